The largest absolute Gasteiger partial charge is 0.347 e. The smallest absolute Gasteiger partial charge is 0.106 e. The van der Waals surface area contributed by atoms with Crippen molar-refractivity contribution in [3.8, 4) is 6.07 Å². The lowest BCUT2D eigenvalue weighted by atomic mass is 10.4. The Labute approximate surface area is 54.4 Å². The fourth-order valence-electron chi connectivity index (χ4n) is 0.990. The molecule has 0 radical (unpaired) electrons. The van der Waals surface area contributed by atoms with Gasteiger partial charge in [-0.3, -0.25) is 5.41 Å². The molecule has 0 bridgehead atoms. The van der Waals surface area contributed by atoms with Gasteiger partial charge in [-0.05, 0) is 6.42 Å². The molecule has 1 aliphatic heterocycles. The Morgan fingerprint density at radius 1 is 1.78 bits per heavy atom. The van der Waals surface area contributed by atoms with Crippen LogP contribution in [0.3, 0.4) is 0 Å². The molecule has 0 saturated carbocycles. The normalized spacial score (nSPS) is 18.1. The number of rotatable bonds is 1. The SMILES string of the molecule is N#CCN1CCCC1=N. The molecular formula is C6H9N3. The first-order valence-electron chi connectivity index (χ1n) is 3.04. The van der Waals surface area contributed by atoms with Crippen molar-refractivity contribution in [2.75, 3.05) is 13.1 Å². The predicted octanol–water partition coefficient (Wildman–Crippen LogP) is 0.583. The average Bonchev–Trinajstić information content (AvgIpc) is 2.18. The van der Waals surface area contributed by atoms with E-state index in [-0.39, 0.29) is 0 Å². The van der Waals surface area contributed by atoms with Gasteiger partial charge in [0, 0.05) is 13.0 Å². The summed E-state index contributed by atoms with van der Waals surface area (Å²) in [5.74, 6) is 0.622. The molecule has 1 rings (SSSR count). The first-order valence-corrected chi connectivity index (χ1v) is 3.04. The van der Waals surface area contributed by atoms with Crippen molar-refractivity contribution in [1.82, 2.24) is 4.90 Å². The van der Waals surface area contributed by atoms with Gasteiger partial charge in [0.1, 0.15) is 6.54 Å². The van der Waals surface area contributed by atoms with Gasteiger partial charge in [0.15, 0.2) is 0 Å². The van der Waals surface area contributed by atoms with E-state index in [0.29, 0.717) is 12.4 Å². The summed E-state index contributed by atoms with van der Waals surface area (Å²) >= 11 is 0. The fourth-order valence-corrected chi connectivity index (χ4v) is 0.990. The van der Waals surface area contributed by atoms with Gasteiger partial charge in [0.25, 0.3) is 0 Å². The van der Waals surface area contributed by atoms with Gasteiger partial charge in [0.2, 0.25) is 0 Å². The molecule has 0 aromatic carbocycles. The summed E-state index contributed by atoms with van der Waals surface area (Å²) in [4.78, 5) is 1.81. The first kappa shape index (κ1) is 6.09. The zero-order chi connectivity index (χ0) is 6.69. The van der Waals surface area contributed by atoms with Crippen molar-refractivity contribution in [3.63, 3.8) is 0 Å². The highest BCUT2D eigenvalue weighted by atomic mass is 15.2. The molecule has 1 aliphatic rings. The van der Waals surface area contributed by atoms with E-state index < -0.39 is 0 Å². The Hall–Kier alpha value is -1.04. The van der Waals surface area contributed by atoms with Crippen LogP contribution in [0.2, 0.25) is 0 Å². The summed E-state index contributed by atoms with van der Waals surface area (Å²) in [5.41, 5.74) is 0. The number of nitriles is 1. The Balaban J connectivity index is 2.42. The van der Waals surface area contributed by atoms with Gasteiger partial charge in [0.05, 0.1) is 11.9 Å². The van der Waals surface area contributed by atoms with Gasteiger partial charge < -0.3 is 4.90 Å². The van der Waals surface area contributed by atoms with Gasteiger partial charge in [-0.15, -0.1) is 0 Å². The van der Waals surface area contributed by atoms with Crippen LogP contribution in [0.1, 0.15) is 12.8 Å². The Morgan fingerprint density at radius 3 is 3.00 bits per heavy atom. The highest BCUT2D eigenvalue weighted by Gasteiger charge is 2.14. The first-order chi connectivity index (χ1) is 4.34. The average molecular weight is 123 g/mol. The molecule has 0 aromatic heterocycles. The number of likely N-dealkylation sites (tertiary alicyclic amines) is 1. The summed E-state index contributed by atoms with van der Waals surface area (Å²) in [6.07, 6.45) is 1.89. The number of nitrogens with zero attached hydrogens (tertiary/aromatic N) is 2. The van der Waals surface area contributed by atoms with Crippen LogP contribution in [0.25, 0.3) is 0 Å². The van der Waals surface area contributed by atoms with E-state index in [1.54, 1.807) is 4.90 Å². The van der Waals surface area contributed by atoms with Crippen LogP contribution in [0.15, 0.2) is 0 Å². The zero-order valence-corrected chi connectivity index (χ0v) is 5.22. The fraction of sp³-hybridized carbons (Fsp3) is 0.667. The molecule has 3 heteroatoms. The molecule has 0 amide bonds. The van der Waals surface area contributed by atoms with E-state index in [2.05, 4.69) is 0 Å². The molecule has 1 saturated heterocycles. The lowest BCUT2D eigenvalue weighted by Gasteiger charge is -2.11. The van der Waals surface area contributed by atoms with Crippen molar-refractivity contribution in [2.24, 2.45) is 0 Å². The lowest BCUT2D eigenvalue weighted by Crippen LogP contribution is -2.23. The van der Waals surface area contributed by atoms with Crippen LogP contribution in [0.4, 0.5) is 0 Å². The number of amidine groups is 1. The van der Waals surface area contributed by atoms with E-state index in [1.165, 1.54) is 0 Å². The summed E-state index contributed by atoms with van der Waals surface area (Å²) < 4.78 is 0. The molecular weight excluding hydrogens is 114 g/mol. The van der Waals surface area contributed by atoms with E-state index >= 15 is 0 Å². The molecule has 3 nitrogen and oxygen atoms in total. The Bertz CT molecular complexity index is 156. The van der Waals surface area contributed by atoms with Crippen LogP contribution in [-0.2, 0) is 0 Å². The number of hydrogen-bond donors (Lipinski definition) is 1. The van der Waals surface area contributed by atoms with Crippen molar-refractivity contribution >= 4 is 5.84 Å². The quantitative estimate of drug-likeness (QED) is 0.518. The monoisotopic (exact) mass is 123 g/mol. The number of nitrogens with one attached hydrogen (secondary N) is 1. The van der Waals surface area contributed by atoms with E-state index in [9.17, 15) is 0 Å². The van der Waals surface area contributed by atoms with Crippen molar-refractivity contribution in [3.05, 3.63) is 0 Å². The molecule has 48 valence electrons. The van der Waals surface area contributed by atoms with Crippen LogP contribution in [0, 0.1) is 16.7 Å². The molecule has 1 fully saturated rings. The third-order valence-corrected chi connectivity index (χ3v) is 1.48. The van der Waals surface area contributed by atoms with Crippen LogP contribution >= 0.6 is 0 Å². The second kappa shape index (κ2) is 2.49. The van der Waals surface area contributed by atoms with Crippen molar-refractivity contribution in [2.45, 2.75) is 12.8 Å². The summed E-state index contributed by atoms with van der Waals surface area (Å²) in [6, 6.07) is 2.03. The maximum Gasteiger partial charge on any atom is 0.106 e. The van der Waals surface area contributed by atoms with Crippen molar-refractivity contribution < 1.29 is 0 Å². The molecule has 0 spiro atoms. The zero-order valence-electron chi connectivity index (χ0n) is 5.22. The minimum Gasteiger partial charge on any atom is -0.347 e. The highest BCUT2D eigenvalue weighted by Crippen LogP contribution is 2.07. The van der Waals surface area contributed by atoms with Gasteiger partial charge in [-0.1, -0.05) is 0 Å². The van der Waals surface area contributed by atoms with Gasteiger partial charge >= 0.3 is 0 Å². The van der Waals surface area contributed by atoms with Gasteiger partial charge in [-0.2, -0.15) is 5.26 Å². The van der Waals surface area contributed by atoms with E-state index in [0.717, 1.165) is 19.4 Å². The standard InChI is InChI=1S/C6H9N3/c7-3-5-9-4-1-2-6(9)8/h8H,1-2,4-5H2. The Kier molecular flexibility index (Phi) is 1.69. The van der Waals surface area contributed by atoms with E-state index in [4.69, 9.17) is 10.7 Å². The maximum absolute atomic E-state index is 8.26. The predicted molar refractivity (Wildman–Crippen MR) is 34.1 cm³/mol. The topological polar surface area (TPSA) is 50.9 Å². The summed E-state index contributed by atoms with van der Waals surface area (Å²) in [6.45, 7) is 1.28. The summed E-state index contributed by atoms with van der Waals surface area (Å²) in [5, 5.41) is 15.5. The molecule has 1 N–H and O–H groups in total. The van der Waals surface area contributed by atoms with Crippen LogP contribution in [0.5, 0.6) is 0 Å². The molecule has 0 aliphatic carbocycles. The second-order valence-corrected chi connectivity index (χ2v) is 2.13. The minimum atomic E-state index is 0.388. The lowest BCUT2D eigenvalue weighted by molar-refractivity contribution is 0.504. The third-order valence-electron chi connectivity index (χ3n) is 1.48. The highest BCUT2D eigenvalue weighted by molar-refractivity contribution is 5.81. The molecule has 9 heavy (non-hydrogen) atoms. The van der Waals surface area contributed by atoms with Crippen molar-refractivity contribution in [1.29, 1.82) is 10.7 Å². The number of hydrogen-bond acceptors (Lipinski definition) is 2. The van der Waals surface area contributed by atoms with Crippen LogP contribution < -0.4 is 0 Å². The summed E-state index contributed by atoms with van der Waals surface area (Å²) in [7, 11) is 0. The van der Waals surface area contributed by atoms with Crippen LogP contribution in [-0.4, -0.2) is 23.8 Å². The van der Waals surface area contributed by atoms with Gasteiger partial charge in [-0.25, -0.2) is 0 Å². The second-order valence-electron chi connectivity index (χ2n) is 2.13. The van der Waals surface area contributed by atoms with E-state index in [1.807, 2.05) is 6.07 Å². The Morgan fingerprint density at radius 2 is 2.56 bits per heavy atom. The third kappa shape index (κ3) is 1.20. The minimum absolute atomic E-state index is 0.388. The maximum atomic E-state index is 8.26. The molecule has 0 atom stereocenters. The molecule has 0 unspecified atom stereocenters. The molecule has 0 aromatic rings. The molecule has 1 heterocycles.